The van der Waals surface area contributed by atoms with Crippen LogP contribution in [0.15, 0.2) is 59.3 Å². The number of benzene rings is 2. The smallest absolute Gasteiger partial charge is 0.283 e. The number of anilines is 2. The fourth-order valence-corrected chi connectivity index (χ4v) is 2.73. The highest BCUT2D eigenvalue weighted by atomic mass is 35.5. The number of imide groups is 1. The molecule has 24 heavy (non-hydrogen) atoms. The molecule has 0 saturated carbocycles. The summed E-state index contributed by atoms with van der Waals surface area (Å²) < 4.78 is 13.1. The first-order valence-electron chi connectivity index (χ1n) is 7.42. The summed E-state index contributed by atoms with van der Waals surface area (Å²) in [5.74, 6) is -1.65. The summed E-state index contributed by atoms with van der Waals surface area (Å²) >= 11 is 6.08. The van der Waals surface area contributed by atoms with Crippen LogP contribution in [0.5, 0.6) is 0 Å². The summed E-state index contributed by atoms with van der Waals surface area (Å²) in [6, 6.07) is 12.5. The Balaban J connectivity index is 1.93. The van der Waals surface area contributed by atoms with Gasteiger partial charge in [0.15, 0.2) is 0 Å². The van der Waals surface area contributed by atoms with E-state index in [-0.39, 0.29) is 16.4 Å². The van der Waals surface area contributed by atoms with Gasteiger partial charge >= 0.3 is 0 Å². The van der Waals surface area contributed by atoms with E-state index in [9.17, 15) is 14.0 Å². The van der Waals surface area contributed by atoms with Crippen LogP contribution in [-0.4, -0.2) is 11.8 Å². The van der Waals surface area contributed by atoms with E-state index < -0.39 is 17.6 Å². The Labute approximate surface area is 143 Å². The number of aryl methyl sites for hydroxylation is 1. The highest BCUT2D eigenvalue weighted by Crippen LogP contribution is 2.31. The van der Waals surface area contributed by atoms with Gasteiger partial charge in [0.1, 0.15) is 16.5 Å². The van der Waals surface area contributed by atoms with E-state index in [1.807, 2.05) is 31.2 Å². The molecule has 2 amide bonds. The minimum Gasteiger partial charge on any atom is -0.349 e. The number of hydrogen-bond acceptors (Lipinski definition) is 3. The van der Waals surface area contributed by atoms with E-state index in [2.05, 4.69) is 5.32 Å². The van der Waals surface area contributed by atoms with E-state index in [0.717, 1.165) is 22.6 Å². The standard InChI is InChI=1S/C18H14ClFN2O2/c1-2-11-5-3-4-6-14(11)21-16-15(19)17(23)22(18(16)24)13-9-7-12(20)8-10-13/h3-10,21H,2H2,1H3. The summed E-state index contributed by atoms with van der Waals surface area (Å²) in [7, 11) is 0. The van der Waals surface area contributed by atoms with Gasteiger partial charge in [-0.2, -0.15) is 0 Å². The number of hydrogen-bond donors (Lipinski definition) is 1. The maximum absolute atomic E-state index is 13.1. The fourth-order valence-electron chi connectivity index (χ4n) is 2.52. The lowest BCUT2D eigenvalue weighted by Gasteiger charge is -2.15. The zero-order valence-electron chi connectivity index (χ0n) is 12.8. The third-order valence-electron chi connectivity index (χ3n) is 3.77. The van der Waals surface area contributed by atoms with Crippen LogP contribution in [0.1, 0.15) is 12.5 Å². The largest absolute Gasteiger partial charge is 0.349 e. The number of para-hydroxylation sites is 1. The summed E-state index contributed by atoms with van der Waals surface area (Å²) in [6.07, 6.45) is 0.762. The Kier molecular flexibility index (Phi) is 4.36. The molecule has 0 saturated heterocycles. The van der Waals surface area contributed by atoms with E-state index in [0.29, 0.717) is 0 Å². The summed E-state index contributed by atoms with van der Waals surface area (Å²) in [6.45, 7) is 1.99. The molecule has 0 unspecified atom stereocenters. The van der Waals surface area contributed by atoms with Crippen LogP contribution < -0.4 is 10.2 Å². The van der Waals surface area contributed by atoms with Gasteiger partial charge < -0.3 is 5.32 Å². The Morgan fingerprint density at radius 3 is 2.38 bits per heavy atom. The van der Waals surface area contributed by atoms with E-state index >= 15 is 0 Å². The molecule has 0 aromatic heterocycles. The topological polar surface area (TPSA) is 49.4 Å². The maximum atomic E-state index is 13.1. The van der Waals surface area contributed by atoms with Crippen LogP contribution in [0.25, 0.3) is 0 Å². The van der Waals surface area contributed by atoms with Crippen LogP contribution in [0.4, 0.5) is 15.8 Å². The molecule has 1 aliphatic heterocycles. The molecule has 2 aromatic rings. The quantitative estimate of drug-likeness (QED) is 0.858. The van der Waals surface area contributed by atoms with Gasteiger partial charge in [-0.15, -0.1) is 0 Å². The highest BCUT2D eigenvalue weighted by Gasteiger charge is 2.39. The number of nitrogens with one attached hydrogen (secondary N) is 1. The fraction of sp³-hybridized carbons (Fsp3) is 0.111. The van der Waals surface area contributed by atoms with Crippen molar-refractivity contribution in [3.05, 3.63) is 70.6 Å². The van der Waals surface area contributed by atoms with Crippen molar-refractivity contribution in [2.75, 3.05) is 10.2 Å². The lowest BCUT2D eigenvalue weighted by Crippen LogP contribution is -2.32. The van der Waals surface area contributed by atoms with Crippen molar-refractivity contribution in [3.63, 3.8) is 0 Å². The number of carbonyl (C=O) groups excluding carboxylic acids is 2. The number of amides is 2. The van der Waals surface area contributed by atoms with Crippen molar-refractivity contribution in [1.29, 1.82) is 0 Å². The van der Waals surface area contributed by atoms with Crippen molar-refractivity contribution in [2.45, 2.75) is 13.3 Å². The van der Waals surface area contributed by atoms with E-state index in [1.54, 1.807) is 0 Å². The zero-order valence-corrected chi connectivity index (χ0v) is 13.6. The Morgan fingerprint density at radius 2 is 1.71 bits per heavy atom. The molecule has 6 heteroatoms. The van der Waals surface area contributed by atoms with Gasteiger partial charge in [0, 0.05) is 5.69 Å². The Morgan fingerprint density at radius 1 is 1.04 bits per heavy atom. The van der Waals surface area contributed by atoms with Gasteiger partial charge in [0.2, 0.25) is 0 Å². The first kappa shape index (κ1) is 16.2. The Hall–Kier alpha value is -2.66. The third kappa shape index (κ3) is 2.78. The molecule has 3 rings (SSSR count). The van der Waals surface area contributed by atoms with Crippen molar-refractivity contribution in [3.8, 4) is 0 Å². The van der Waals surface area contributed by atoms with Gasteiger partial charge in [-0.3, -0.25) is 9.59 Å². The number of nitrogens with zero attached hydrogens (tertiary/aromatic N) is 1. The van der Waals surface area contributed by atoms with Gasteiger partial charge in [0.25, 0.3) is 11.8 Å². The molecule has 4 nitrogen and oxygen atoms in total. The first-order valence-corrected chi connectivity index (χ1v) is 7.79. The van der Waals surface area contributed by atoms with Crippen molar-refractivity contribution >= 4 is 34.8 Å². The molecule has 1 aliphatic rings. The van der Waals surface area contributed by atoms with Crippen LogP contribution >= 0.6 is 11.6 Å². The van der Waals surface area contributed by atoms with Crippen LogP contribution in [0, 0.1) is 5.82 Å². The van der Waals surface area contributed by atoms with Gasteiger partial charge in [0.05, 0.1) is 5.69 Å². The average molecular weight is 345 g/mol. The lowest BCUT2D eigenvalue weighted by atomic mass is 10.1. The molecule has 1 heterocycles. The summed E-state index contributed by atoms with van der Waals surface area (Å²) in [5.41, 5.74) is 2.00. The molecule has 0 fully saturated rings. The summed E-state index contributed by atoms with van der Waals surface area (Å²) in [5, 5.41) is 2.78. The molecule has 0 radical (unpaired) electrons. The second-order valence-electron chi connectivity index (χ2n) is 5.25. The number of rotatable bonds is 4. The van der Waals surface area contributed by atoms with Crippen LogP contribution in [-0.2, 0) is 16.0 Å². The number of halogens is 2. The number of carbonyl (C=O) groups is 2. The average Bonchev–Trinajstić information content (AvgIpc) is 2.80. The van der Waals surface area contributed by atoms with Crippen molar-refractivity contribution in [1.82, 2.24) is 0 Å². The second-order valence-corrected chi connectivity index (χ2v) is 5.62. The second kappa shape index (κ2) is 6.45. The molecular formula is C18H14ClFN2O2. The molecule has 2 aromatic carbocycles. The van der Waals surface area contributed by atoms with Crippen LogP contribution in [0.3, 0.4) is 0 Å². The third-order valence-corrected chi connectivity index (χ3v) is 4.12. The summed E-state index contributed by atoms with van der Waals surface area (Å²) in [4.78, 5) is 25.9. The van der Waals surface area contributed by atoms with Crippen LogP contribution in [0.2, 0.25) is 0 Å². The normalized spacial score (nSPS) is 14.5. The SMILES string of the molecule is CCc1ccccc1NC1=C(Cl)C(=O)N(c2ccc(F)cc2)C1=O. The zero-order chi connectivity index (χ0) is 17.3. The molecule has 0 atom stereocenters. The predicted octanol–water partition coefficient (Wildman–Crippen LogP) is 3.82. The van der Waals surface area contributed by atoms with Gasteiger partial charge in [-0.05, 0) is 42.3 Å². The van der Waals surface area contributed by atoms with E-state index in [4.69, 9.17) is 11.6 Å². The maximum Gasteiger partial charge on any atom is 0.283 e. The highest BCUT2D eigenvalue weighted by molar-refractivity contribution is 6.53. The monoisotopic (exact) mass is 344 g/mol. The minimum absolute atomic E-state index is 0.0203. The van der Waals surface area contributed by atoms with Gasteiger partial charge in [-0.1, -0.05) is 36.7 Å². The van der Waals surface area contributed by atoms with Crippen molar-refractivity contribution in [2.24, 2.45) is 0 Å². The minimum atomic E-state index is -0.634. The van der Waals surface area contributed by atoms with Gasteiger partial charge in [-0.25, -0.2) is 9.29 Å². The molecular weight excluding hydrogens is 331 g/mol. The molecule has 1 N–H and O–H groups in total. The first-order chi connectivity index (χ1) is 11.5. The molecule has 0 bridgehead atoms. The lowest BCUT2D eigenvalue weighted by molar-refractivity contribution is -0.120. The molecule has 0 spiro atoms. The molecule has 0 aliphatic carbocycles. The van der Waals surface area contributed by atoms with E-state index in [1.165, 1.54) is 24.3 Å². The van der Waals surface area contributed by atoms with Crippen molar-refractivity contribution < 1.29 is 14.0 Å². The predicted molar refractivity (Wildman–Crippen MR) is 91.2 cm³/mol. The Bertz CT molecular complexity index is 846. The molecule has 122 valence electrons.